The van der Waals surface area contributed by atoms with Gasteiger partial charge >= 0.3 is 0 Å². The quantitative estimate of drug-likeness (QED) is 0.942. The molecule has 0 aliphatic carbocycles. The zero-order chi connectivity index (χ0) is 15.4. The van der Waals surface area contributed by atoms with Gasteiger partial charge in [-0.2, -0.15) is 0 Å². The Morgan fingerprint density at radius 3 is 3.05 bits per heavy atom. The number of hydrogen-bond donors (Lipinski definition) is 1. The summed E-state index contributed by atoms with van der Waals surface area (Å²) in [5.74, 6) is 0.502. The van der Waals surface area contributed by atoms with Crippen molar-refractivity contribution >= 4 is 22.4 Å². The molecular weight excluding hydrogens is 296 g/mol. The summed E-state index contributed by atoms with van der Waals surface area (Å²) in [6.45, 7) is 4.51. The van der Waals surface area contributed by atoms with E-state index in [1.54, 1.807) is 0 Å². The third-order valence-corrected chi connectivity index (χ3v) is 4.71. The zero-order valence-corrected chi connectivity index (χ0v) is 13.5. The largest absolute Gasteiger partial charge is 0.302 e. The highest BCUT2D eigenvalue weighted by Crippen LogP contribution is 2.27. The van der Waals surface area contributed by atoms with E-state index >= 15 is 0 Å². The molecule has 0 spiro atoms. The maximum absolute atomic E-state index is 11.1. The minimum atomic E-state index is -0.0726. The number of likely N-dealkylation sites (tertiary alicyclic amines) is 1. The minimum absolute atomic E-state index is 0.0726. The Morgan fingerprint density at radius 2 is 2.27 bits per heavy atom. The van der Waals surface area contributed by atoms with Gasteiger partial charge in [0, 0.05) is 37.8 Å². The molecule has 0 saturated carbocycles. The lowest BCUT2D eigenvalue weighted by molar-refractivity contribution is -0.114. The van der Waals surface area contributed by atoms with Crippen LogP contribution in [0.25, 0.3) is 0 Å². The molecule has 1 aliphatic rings. The van der Waals surface area contributed by atoms with Gasteiger partial charge in [-0.15, -0.1) is 11.3 Å². The van der Waals surface area contributed by atoms with Crippen LogP contribution in [0, 0.1) is 0 Å². The SMILES string of the molecule is CC(=O)Nc1nc(CN2CCCC(c3ccncc3)C2)cs1. The first kappa shape index (κ1) is 15.1. The summed E-state index contributed by atoms with van der Waals surface area (Å²) in [5, 5.41) is 5.45. The van der Waals surface area contributed by atoms with Crippen molar-refractivity contribution in [3.05, 3.63) is 41.2 Å². The molecule has 1 aliphatic heterocycles. The first-order chi connectivity index (χ1) is 10.7. The molecule has 1 N–H and O–H groups in total. The molecule has 1 saturated heterocycles. The Morgan fingerprint density at radius 1 is 1.45 bits per heavy atom. The van der Waals surface area contributed by atoms with Crippen LogP contribution in [0.15, 0.2) is 29.9 Å². The zero-order valence-electron chi connectivity index (χ0n) is 12.7. The van der Waals surface area contributed by atoms with Crippen molar-refractivity contribution in [2.45, 2.75) is 32.2 Å². The lowest BCUT2D eigenvalue weighted by atomic mass is 9.91. The lowest BCUT2D eigenvalue weighted by Crippen LogP contribution is -2.34. The summed E-state index contributed by atoms with van der Waals surface area (Å²) >= 11 is 1.49. The second-order valence-electron chi connectivity index (χ2n) is 5.68. The number of pyridine rings is 1. The fourth-order valence-electron chi connectivity index (χ4n) is 2.92. The van der Waals surface area contributed by atoms with Gasteiger partial charge in [0.05, 0.1) is 5.69 Å². The van der Waals surface area contributed by atoms with Crippen LogP contribution in [-0.2, 0) is 11.3 Å². The molecule has 0 aromatic carbocycles. The van der Waals surface area contributed by atoms with E-state index < -0.39 is 0 Å². The van der Waals surface area contributed by atoms with Gasteiger partial charge in [0.2, 0.25) is 5.91 Å². The predicted octanol–water partition coefficient (Wildman–Crippen LogP) is 2.88. The van der Waals surface area contributed by atoms with E-state index in [9.17, 15) is 4.79 Å². The topological polar surface area (TPSA) is 58.1 Å². The van der Waals surface area contributed by atoms with Crippen molar-refractivity contribution in [1.29, 1.82) is 0 Å². The van der Waals surface area contributed by atoms with Crippen molar-refractivity contribution in [2.24, 2.45) is 0 Å². The van der Waals surface area contributed by atoms with Crippen molar-refractivity contribution < 1.29 is 4.79 Å². The molecule has 0 bridgehead atoms. The first-order valence-corrected chi connectivity index (χ1v) is 8.43. The fourth-order valence-corrected chi connectivity index (χ4v) is 3.67. The van der Waals surface area contributed by atoms with Crippen LogP contribution in [0.2, 0.25) is 0 Å². The van der Waals surface area contributed by atoms with Gasteiger partial charge in [-0.05, 0) is 43.0 Å². The van der Waals surface area contributed by atoms with E-state index in [2.05, 4.69) is 32.3 Å². The molecule has 1 atom stereocenters. The highest BCUT2D eigenvalue weighted by atomic mass is 32.1. The number of piperidine rings is 1. The summed E-state index contributed by atoms with van der Waals surface area (Å²) in [7, 11) is 0. The summed E-state index contributed by atoms with van der Waals surface area (Å²) in [4.78, 5) is 22.1. The summed E-state index contributed by atoms with van der Waals surface area (Å²) in [6.07, 6.45) is 6.17. The number of amides is 1. The minimum Gasteiger partial charge on any atom is -0.302 e. The van der Waals surface area contributed by atoms with E-state index in [-0.39, 0.29) is 5.91 Å². The summed E-state index contributed by atoms with van der Waals surface area (Å²) < 4.78 is 0. The van der Waals surface area contributed by atoms with Crippen molar-refractivity contribution in [3.8, 4) is 0 Å². The summed E-state index contributed by atoms with van der Waals surface area (Å²) in [5.41, 5.74) is 2.40. The smallest absolute Gasteiger partial charge is 0.223 e. The molecule has 1 amide bonds. The first-order valence-electron chi connectivity index (χ1n) is 7.55. The maximum atomic E-state index is 11.1. The average Bonchev–Trinajstić information content (AvgIpc) is 2.94. The molecule has 1 unspecified atom stereocenters. The van der Waals surface area contributed by atoms with Gasteiger partial charge in [-0.25, -0.2) is 4.98 Å². The van der Waals surface area contributed by atoms with E-state index in [1.807, 2.05) is 17.8 Å². The molecule has 3 heterocycles. The number of anilines is 1. The maximum Gasteiger partial charge on any atom is 0.223 e. The van der Waals surface area contributed by atoms with Crippen molar-refractivity contribution in [3.63, 3.8) is 0 Å². The molecule has 3 rings (SSSR count). The number of carbonyl (C=O) groups excluding carboxylic acids is 1. The summed E-state index contributed by atoms with van der Waals surface area (Å²) in [6, 6.07) is 4.23. The van der Waals surface area contributed by atoms with Gasteiger partial charge in [0.25, 0.3) is 0 Å². The van der Waals surface area contributed by atoms with Crippen LogP contribution < -0.4 is 5.32 Å². The van der Waals surface area contributed by atoms with Gasteiger partial charge in [0.15, 0.2) is 5.13 Å². The highest BCUT2D eigenvalue weighted by molar-refractivity contribution is 7.13. The number of thiazole rings is 1. The third kappa shape index (κ3) is 3.90. The Labute approximate surface area is 134 Å². The van der Waals surface area contributed by atoms with Crippen LogP contribution in [0.4, 0.5) is 5.13 Å². The van der Waals surface area contributed by atoms with Crippen LogP contribution in [-0.4, -0.2) is 33.9 Å². The molecule has 1 fully saturated rings. The van der Waals surface area contributed by atoms with Crippen LogP contribution >= 0.6 is 11.3 Å². The van der Waals surface area contributed by atoms with Crippen LogP contribution in [0.1, 0.15) is 36.9 Å². The third-order valence-electron chi connectivity index (χ3n) is 3.90. The molecular formula is C16H20N4OS. The number of nitrogens with one attached hydrogen (secondary N) is 1. The van der Waals surface area contributed by atoms with Gasteiger partial charge in [-0.3, -0.25) is 14.7 Å². The van der Waals surface area contributed by atoms with Crippen molar-refractivity contribution in [2.75, 3.05) is 18.4 Å². The standard InChI is InChI=1S/C16H20N4OS/c1-12(21)18-16-19-15(11-22-16)10-20-8-2-3-14(9-20)13-4-6-17-7-5-13/h4-7,11,14H,2-3,8-10H2,1H3,(H,18,19,21). The highest BCUT2D eigenvalue weighted by Gasteiger charge is 2.21. The number of rotatable bonds is 4. The Bertz CT molecular complexity index is 628. The van der Waals surface area contributed by atoms with E-state index in [0.717, 1.165) is 25.3 Å². The van der Waals surface area contributed by atoms with E-state index in [4.69, 9.17) is 0 Å². The molecule has 2 aromatic rings. The Kier molecular flexibility index (Phi) is 4.80. The molecule has 2 aromatic heterocycles. The van der Waals surface area contributed by atoms with Crippen molar-refractivity contribution in [1.82, 2.24) is 14.9 Å². The number of carbonyl (C=O) groups is 1. The molecule has 6 heteroatoms. The second kappa shape index (κ2) is 6.98. The number of hydrogen-bond acceptors (Lipinski definition) is 5. The van der Waals surface area contributed by atoms with Gasteiger partial charge in [0.1, 0.15) is 0 Å². The fraction of sp³-hybridized carbons (Fsp3) is 0.438. The number of aromatic nitrogens is 2. The normalized spacial score (nSPS) is 19.0. The molecule has 22 heavy (non-hydrogen) atoms. The average molecular weight is 316 g/mol. The predicted molar refractivity (Wildman–Crippen MR) is 87.9 cm³/mol. The van der Waals surface area contributed by atoms with Gasteiger partial charge < -0.3 is 5.32 Å². The lowest BCUT2D eigenvalue weighted by Gasteiger charge is -2.32. The Balaban J connectivity index is 1.60. The Hall–Kier alpha value is -1.79. The van der Waals surface area contributed by atoms with Gasteiger partial charge in [-0.1, -0.05) is 0 Å². The molecule has 5 nitrogen and oxygen atoms in total. The molecule has 116 valence electrons. The van der Waals surface area contributed by atoms with Crippen LogP contribution in [0.3, 0.4) is 0 Å². The van der Waals surface area contributed by atoms with E-state index in [1.165, 1.54) is 36.7 Å². The second-order valence-corrected chi connectivity index (χ2v) is 6.54. The number of nitrogens with zero attached hydrogens (tertiary/aromatic N) is 3. The monoisotopic (exact) mass is 316 g/mol. The van der Waals surface area contributed by atoms with Crippen LogP contribution in [0.5, 0.6) is 0 Å². The molecule has 0 radical (unpaired) electrons. The van der Waals surface area contributed by atoms with E-state index in [0.29, 0.717) is 11.0 Å².